The van der Waals surface area contributed by atoms with Crippen molar-refractivity contribution in [2.24, 2.45) is 5.41 Å². The molecule has 3 N–H and O–H groups in total. The molecule has 2 rings (SSSR count). The lowest BCUT2D eigenvalue weighted by atomic mass is 9.79. The highest BCUT2D eigenvalue weighted by Gasteiger charge is 2.40. The SMILES string of the molecule is CCOC(=O)C1=C(C)NC(C)=C(C(=O)OCC)C1c1cc(NC(=S)N[C@@H](C)C(C)(C)C)ccc1OC(F)F. The predicted molar refractivity (Wildman–Crippen MR) is 146 cm³/mol. The second-order valence-corrected chi connectivity index (χ2v) is 10.3. The number of hydrogen-bond acceptors (Lipinski definition) is 7. The van der Waals surface area contributed by atoms with E-state index in [9.17, 15) is 18.4 Å². The van der Waals surface area contributed by atoms with Crippen LogP contribution in [0.15, 0.2) is 40.7 Å². The zero-order valence-electron chi connectivity index (χ0n) is 23.1. The van der Waals surface area contributed by atoms with Crippen LogP contribution in [0, 0.1) is 5.41 Å². The Morgan fingerprint density at radius 1 is 1.05 bits per heavy atom. The minimum atomic E-state index is -3.14. The summed E-state index contributed by atoms with van der Waals surface area (Å²) in [6.45, 7) is 11.8. The first-order valence-corrected chi connectivity index (χ1v) is 12.8. The number of nitrogens with one attached hydrogen (secondary N) is 3. The van der Waals surface area contributed by atoms with Gasteiger partial charge in [-0.25, -0.2) is 9.59 Å². The van der Waals surface area contributed by atoms with Crippen molar-refractivity contribution < 1.29 is 32.6 Å². The van der Waals surface area contributed by atoms with Crippen molar-refractivity contribution in [1.29, 1.82) is 0 Å². The molecule has 1 aliphatic rings. The Balaban J connectivity index is 2.70. The van der Waals surface area contributed by atoms with E-state index in [1.54, 1.807) is 27.7 Å². The lowest BCUT2D eigenvalue weighted by Gasteiger charge is -2.32. The van der Waals surface area contributed by atoms with E-state index in [-0.39, 0.29) is 47.1 Å². The van der Waals surface area contributed by atoms with E-state index < -0.39 is 24.5 Å². The third kappa shape index (κ3) is 7.66. The summed E-state index contributed by atoms with van der Waals surface area (Å²) in [5.41, 5.74) is 1.51. The number of dihydropyridines is 1. The summed E-state index contributed by atoms with van der Waals surface area (Å²) in [4.78, 5) is 26.2. The van der Waals surface area contributed by atoms with Crippen LogP contribution >= 0.6 is 12.2 Å². The van der Waals surface area contributed by atoms with Gasteiger partial charge in [0, 0.05) is 28.7 Å². The highest BCUT2D eigenvalue weighted by molar-refractivity contribution is 7.80. The van der Waals surface area contributed by atoms with Crippen molar-refractivity contribution >= 4 is 35.0 Å². The molecule has 0 unspecified atom stereocenters. The molecule has 0 aliphatic carbocycles. The molecule has 1 atom stereocenters. The van der Waals surface area contributed by atoms with E-state index in [0.29, 0.717) is 22.2 Å². The van der Waals surface area contributed by atoms with Crippen LogP contribution in [0.1, 0.15) is 66.9 Å². The lowest BCUT2D eigenvalue weighted by molar-refractivity contribution is -0.139. The number of rotatable bonds is 9. The molecule has 8 nitrogen and oxygen atoms in total. The largest absolute Gasteiger partial charge is 0.463 e. The lowest BCUT2D eigenvalue weighted by Crippen LogP contribution is -2.43. The summed E-state index contributed by atoms with van der Waals surface area (Å²) >= 11 is 5.47. The monoisotopic (exact) mass is 553 g/mol. The molecule has 1 aromatic carbocycles. The van der Waals surface area contributed by atoms with Crippen LogP contribution in [0.5, 0.6) is 5.75 Å². The topological polar surface area (TPSA) is 97.9 Å². The number of allylic oxidation sites excluding steroid dienone is 2. The number of benzene rings is 1. The molecule has 0 radical (unpaired) electrons. The van der Waals surface area contributed by atoms with Gasteiger partial charge in [0.05, 0.1) is 30.3 Å². The fourth-order valence-corrected chi connectivity index (χ4v) is 4.19. The Kier molecular flexibility index (Phi) is 10.6. The normalized spacial score (nSPS) is 15.1. The molecular formula is C27H37F2N3O5S. The first-order valence-electron chi connectivity index (χ1n) is 12.4. The van der Waals surface area contributed by atoms with E-state index in [1.807, 2.05) is 6.92 Å². The van der Waals surface area contributed by atoms with Crippen LogP contribution in [0.4, 0.5) is 14.5 Å². The Morgan fingerprint density at radius 2 is 1.58 bits per heavy atom. The van der Waals surface area contributed by atoms with Gasteiger partial charge in [0.2, 0.25) is 0 Å². The Morgan fingerprint density at radius 3 is 2.03 bits per heavy atom. The molecule has 0 saturated carbocycles. The maximum Gasteiger partial charge on any atom is 0.387 e. The first-order chi connectivity index (χ1) is 17.7. The van der Waals surface area contributed by atoms with Gasteiger partial charge < -0.3 is 30.2 Å². The van der Waals surface area contributed by atoms with E-state index in [0.717, 1.165) is 0 Å². The summed E-state index contributed by atoms with van der Waals surface area (Å²) in [6.07, 6.45) is 0. The fourth-order valence-electron chi connectivity index (χ4n) is 3.90. The average molecular weight is 554 g/mol. The molecule has 0 bridgehead atoms. The fraction of sp³-hybridized carbons (Fsp3) is 0.519. The Bertz CT molecular complexity index is 1090. The van der Waals surface area contributed by atoms with Crippen molar-refractivity contribution in [1.82, 2.24) is 10.6 Å². The average Bonchev–Trinajstić information content (AvgIpc) is 2.78. The van der Waals surface area contributed by atoms with Crippen molar-refractivity contribution in [3.63, 3.8) is 0 Å². The van der Waals surface area contributed by atoms with E-state index >= 15 is 0 Å². The number of halogens is 2. The van der Waals surface area contributed by atoms with Crippen molar-refractivity contribution in [3.8, 4) is 5.75 Å². The number of esters is 2. The van der Waals surface area contributed by atoms with Gasteiger partial charge >= 0.3 is 18.6 Å². The van der Waals surface area contributed by atoms with Gasteiger partial charge in [0.1, 0.15) is 5.75 Å². The summed E-state index contributed by atoms with van der Waals surface area (Å²) in [5.74, 6) is -2.72. The quantitative estimate of drug-likeness (QED) is 0.275. The van der Waals surface area contributed by atoms with Crippen LogP contribution in [-0.2, 0) is 19.1 Å². The van der Waals surface area contributed by atoms with Gasteiger partial charge in [-0.05, 0) is 70.5 Å². The van der Waals surface area contributed by atoms with Crippen LogP contribution in [0.2, 0.25) is 0 Å². The summed E-state index contributed by atoms with van der Waals surface area (Å²) in [6, 6.07) is 4.43. The first kappa shape index (κ1) is 31.0. The number of hydrogen-bond donors (Lipinski definition) is 3. The van der Waals surface area contributed by atoms with E-state index in [2.05, 4.69) is 36.7 Å². The third-order valence-corrected chi connectivity index (χ3v) is 6.41. The number of carbonyl (C=O) groups is 2. The molecule has 0 aromatic heterocycles. The highest BCUT2D eigenvalue weighted by Crippen LogP contribution is 2.44. The molecule has 0 spiro atoms. The number of ether oxygens (including phenoxy) is 3. The molecule has 38 heavy (non-hydrogen) atoms. The maximum atomic E-state index is 13.5. The number of thiocarbonyl (C=S) groups is 1. The molecule has 0 saturated heterocycles. The smallest absolute Gasteiger partial charge is 0.387 e. The number of anilines is 1. The second kappa shape index (κ2) is 13.0. The van der Waals surface area contributed by atoms with Crippen LogP contribution in [-0.4, -0.2) is 42.9 Å². The number of alkyl halides is 2. The van der Waals surface area contributed by atoms with Crippen molar-refractivity contribution in [2.45, 2.75) is 74.0 Å². The maximum absolute atomic E-state index is 13.5. The third-order valence-electron chi connectivity index (χ3n) is 6.19. The zero-order chi connectivity index (χ0) is 28.8. The number of carbonyl (C=O) groups excluding carboxylic acids is 2. The van der Waals surface area contributed by atoms with Crippen molar-refractivity contribution in [2.75, 3.05) is 18.5 Å². The van der Waals surface area contributed by atoms with Crippen molar-refractivity contribution in [3.05, 3.63) is 46.3 Å². The van der Waals surface area contributed by atoms with E-state index in [4.69, 9.17) is 26.4 Å². The Labute approximate surface area is 228 Å². The minimum Gasteiger partial charge on any atom is -0.463 e. The molecular weight excluding hydrogens is 516 g/mol. The van der Waals surface area contributed by atoms with Gasteiger partial charge in [-0.3, -0.25) is 0 Å². The van der Waals surface area contributed by atoms with Gasteiger partial charge in [-0.15, -0.1) is 0 Å². The van der Waals surface area contributed by atoms with Crippen LogP contribution in [0.25, 0.3) is 0 Å². The van der Waals surface area contributed by atoms with Crippen LogP contribution in [0.3, 0.4) is 0 Å². The van der Waals surface area contributed by atoms with E-state index in [1.165, 1.54) is 18.2 Å². The van der Waals surface area contributed by atoms with Crippen LogP contribution < -0.4 is 20.7 Å². The molecule has 11 heteroatoms. The molecule has 1 aliphatic heterocycles. The predicted octanol–water partition coefficient (Wildman–Crippen LogP) is 5.37. The van der Waals surface area contributed by atoms with Gasteiger partial charge in [-0.1, -0.05) is 20.8 Å². The van der Waals surface area contributed by atoms with Gasteiger partial charge in [0.25, 0.3) is 0 Å². The zero-order valence-corrected chi connectivity index (χ0v) is 23.9. The highest BCUT2D eigenvalue weighted by atomic mass is 32.1. The molecule has 1 aromatic rings. The Hall–Kier alpha value is -3.21. The molecule has 0 fully saturated rings. The molecule has 210 valence electrons. The van der Waals surface area contributed by atoms with Gasteiger partial charge in [-0.2, -0.15) is 8.78 Å². The molecule has 1 heterocycles. The standard InChI is InChI=1S/C27H37F2N3O5S/c1-9-35-23(33)20-14(3)30-15(4)21(24(34)36-10-2)22(20)18-13-17(11-12-19(18)37-25(28)29)32-26(38)31-16(5)27(6,7)8/h11-13,16,22,25,30H,9-10H2,1-8H3,(H2,31,32,38)/t16-/m0/s1. The summed E-state index contributed by atoms with van der Waals surface area (Å²) in [7, 11) is 0. The van der Waals surface area contributed by atoms with Gasteiger partial charge in [0.15, 0.2) is 5.11 Å². The summed E-state index contributed by atoms with van der Waals surface area (Å²) in [5, 5.41) is 9.61. The summed E-state index contributed by atoms with van der Waals surface area (Å²) < 4.78 is 42.3. The second-order valence-electron chi connectivity index (χ2n) is 9.89. The minimum absolute atomic E-state index is 0.0230. The molecule has 0 amide bonds.